The van der Waals surface area contributed by atoms with Crippen molar-refractivity contribution in [3.05, 3.63) is 88.8 Å². The zero-order valence-corrected chi connectivity index (χ0v) is 15.3. The van der Waals surface area contributed by atoms with E-state index in [1.165, 1.54) is 12.1 Å². The maximum atomic E-state index is 13.1. The van der Waals surface area contributed by atoms with E-state index in [0.717, 1.165) is 32.5 Å². The zero-order valence-electron chi connectivity index (χ0n) is 13.8. The molecule has 0 aliphatic rings. The topological polar surface area (TPSA) is 30.7 Å². The summed E-state index contributed by atoms with van der Waals surface area (Å²) in [5.74, 6) is 0.473. The Morgan fingerprint density at radius 1 is 1.00 bits per heavy atom. The van der Waals surface area contributed by atoms with E-state index in [1.54, 1.807) is 30.1 Å². The van der Waals surface area contributed by atoms with Crippen molar-refractivity contribution < 1.29 is 4.39 Å². The van der Waals surface area contributed by atoms with Crippen LogP contribution in [-0.4, -0.2) is 14.5 Å². The summed E-state index contributed by atoms with van der Waals surface area (Å²) in [5.41, 5.74) is 3.73. The smallest absolute Gasteiger partial charge is 0.170 e. The molecule has 0 saturated heterocycles. The van der Waals surface area contributed by atoms with Crippen LogP contribution in [0.4, 0.5) is 4.39 Å². The predicted octanol–water partition coefficient (Wildman–Crippen LogP) is 5.56. The first-order chi connectivity index (χ1) is 12.7. The Morgan fingerprint density at radius 3 is 2.62 bits per heavy atom. The highest BCUT2D eigenvalue weighted by molar-refractivity contribution is 7.98. The summed E-state index contributed by atoms with van der Waals surface area (Å²) >= 11 is 7.94. The molecule has 0 spiro atoms. The first kappa shape index (κ1) is 17.1. The molecule has 0 radical (unpaired) electrons. The number of hydrogen-bond acceptors (Lipinski definition) is 3. The van der Waals surface area contributed by atoms with Gasteiger partial charge in [0.15, 0.2) is 10.8 Å². The van der Waals surface area contributed by atoms with Crippen molar-refractivity contribution in [2.75, 3.05) is 0 Å². The quantitative estimate of drug-likeness (QED) is 0.422. The Bertz CT molecular complexity index is 1050. The molecular formula is C20H15ClFN3S. The van der Waals surface area contributed by atoms with Crippen LogP contribution in [0.25, 0.3) is 11.2 Å². The van der Waals surface area contributed by atoms with Crippen LogP contribution in [0.3, 0.4) is 0 Å². The van der Waals surface area contributed by atoms with Gasteiger partial charge in [0, 0.05) is 17.0 Å². The van der Waals surface area contributed by atoms with Gasteiger partial charge in [-0.1, -0.05) is 53.7 Å². The van der Waals surface area contributed by atoms with E-state index in [-0.39, 0.29) is 5.82 Å². The Labute approximate surface area is 159 Å². The van der Waals surface area contributed by atoms with E-state index in [4.69, 9.17) is 16.6 Å². The molecule has 2 aromatic heterocycles. The SMILES string of the molecule is Fc1ccc(CSc2nc3cccnc3n2Cc2ccccc2Cl)cc1. The largest absolute Gasteiger partial charge is 0.299 e. The summed E-state index contributed by atoms with van der Waals surface area (Å²) in [6.07, 6.45) is 1.77. The Balaban J connectivity index is 1.67. The molecule has 0 aliphatic heterocycles. The summed E-state index contributed by atoms with van der Waals surface area (Å²) in [6, 6.07) is 18.1. The Morgan fingerprint density at radius 2 is 1.81 bits per heavy atom. The van der Waals surface area contributed by atoms with Gasteiger partial charge in [-0.2, -0.15) is 0 Å². The van der Waals surface area contributed by atoms with Crippen molar-refractivity contribution in [2.24, 2.45) is 0 Å². The molecule has 4 aromatic rings. The summed E-state index contributed by atoms with van der Waals surface area (Å²) in [5, 5.41) is 1.59. The van der Waals surface area contributed by atoms with Crippen molar-refractivity contribution in [2.45, 2.75) is 17.5 Å². The molecule has 0 amide bonds. The number of hydrogen-bond donors (Lipinski definition) is 0. The first-order valence-corrected chi connectivity index (χ1v) is 9.49. The Hall–Kier alpha value is -2.37. The van der Waals surface area contributed by atoms with Crippen molar-refractivity contribution >= 4 is 34.5 Å². The van der Waals surface area contributed by atoms with E-state index < -0.39 is 0 Å². The molecule has 0 unspecified atom stereocenters. The van der Waals surface area contributed by atoms with Crippen LogP contribution in [0.15, 0.2) is 72.0 Å². The monoisotopic (exact) mass is 383 g/mol. The van der Waals surface area contributed by atoms with Crippen LogP contribution < -0.4 is 0 Å². The summed E-state index contributed by atoms with van der Waals surface area (Å²) in [7, 11) is 0. The van der Waals surface area contributed by atoms with Crippen molar-refractivity contribution in [3.8, 4) is 0 Å². The highest BCUT2D eigenvalue weighted by atomic mass is 35.5. The lowest BCUT2D eigenvalue weighted by Crippen LogP contribution is -2.03. The van der Waals surface area contributed by atoms with Gasteiger partial charge in [0.25, 0.3) is 0 Å². The maximum absolute atomic E-state index is 13.1. The molecular weight excluding hydrogens is 369 g/mol. The molecule has 130 valence electrons. The van der Waals surface area contributed by atoms with E-state index in [1.807, 2.05) is 36.4 Å². The Kier molecular flexibility index (Phi) is 4.91. The minimum atomic E-state index is -0.228. The van der Waals surface area contributed by atoms with E-state index in [9.17, 15) is 4.39 Å². The number of benzene rings is 2. The highest BCUT2D eigenvalue weighted by Gasteiger charge is 2.14. The summed E-state index contributed by atoms with van der Waals surface area (Å²) in [4.78, 5) is 9.21. The second-order valence-electron chi connectivity index (χ2n) is 5.83. The second kappa shape index (κ2) is 7.48. The fourth-order valence-corrected chi connectivity index (χ4v) is 3.87. The third-order valence-electron chi connectivity index (χ3n) is 4.04. The lowest BCUT2D eigenvalue weighted by molar-refractivity contribution is 0.627. The molecule has 0 saturated carbocycles. The molecule has 0 aliphatic carbocycles. The van der Waals surface area contributed by atoms with Crippen LogP contribution in [0.5, 0.6) is 0 Å². The third-order valence-corrected chi connectivity index (χ3v) is 5.45. The van der Waals surface area contributed by atoms with Crippen LogP contribution in [0, 0.1) is 5.82 Å². The summed E-state index contributed by atoms with van der Waals surface area (Å²) < 4.78 is 15.2. The molecule has 2 aromatic carbocycles. The number of nitrogens with zero attached hydrogens (tertiary/aromatic N) is 3. The number of rotatable bonds is 5. The normalized spacial score (nSPS) is 11.2. The lowest BCUT2D eigenvalue weighted by atomic mass is 10.2. The van der Waals surface area contributed by atoms with Crippen LogP contribution in [-0.2, 0) is 12.3 Å². The highest BCUT2D eigenvalue weighted by Crippen LogP contribution is 2.28. The van der Waals surface area contributed by atoms with Gasteiger partial charge in [0.2, 0.25) is 0 Å². The number of fused-ring (bicyclic) bond motifs is 1. The van der Waals surface area contributed by atoms with E-state index >= 15 is 0 Å². The predicted molar refractivity (Wildman–Crippen MR) is 104 cm³/mol. The van der Waals surface area contributed by atoms with Gasteiger partial charge in [-0.15, -0.1) is 0 Å². The molecule has 6 heteroatoms. The standard InChI is InChI=1S/C20H15ClFN3S/c21-17-5-2-1-4-15(17)12-25-19-18(6-3-11-23-19)24-20(25)26-13-14-7-9-16(22)10-8-14/h1-11H,12-13H2. The molecule has 0 N–H and O–H groups in total. The van der Waals surface area contributed by atoms with Crippen molar-refractivity contribution in [3.63, 3.8) is 0 Å². The van der Waals surface area contributed by atoms with E-state index in [0.29, 0.717) is 12.3 Å². The summed E-state index contributed by atoms with van der Waals surface area (Å²) in [6.45, 7) is 0.596. The number of imidazole rings is 1. The van der Waals surface area contributed by atoms with Gasteiger partial charge in [-0.05, 0) is 41.5 Å². The van der Waals surface area contributed by atoms with Gasteiger partial charge in [0.05, 0.1) is 6.54 Å². The number of aromatic nitrogens is 3. The number of pyridine rings is 1. The van der Waals surface area contributed by atoms with E-state index in [2.05, 4.69) is 9.55 Å². The third kappa shape index (κ3) is 3.59. The van der Waals surface area contributed by atoms with Gasteiger partial charge in [0.1, 0.15) is 11.3 Å². The van der Waals surface area contributed by atoms with Crippen molar-refractivity contribution in [1.29, 1.82) is 0 Å². The minimum absolute atomic E-state index is 0.228. The number of halogens is 2. The fraction of sp³-hybridized carbons (Fsp3) is 0.100. The molecule has 3 nitrogen and oxygen atoms in total. The van der Waals surface area contributed by atoms with Gasteiger partial charge in [-0.25, -0.2) is 14.4 Å². The first-order valence-electron chi connectivity index (χ1n) is 8.12. The molecule has 0 fully saturated rings. The zero-order chi connectivity index (χ0) is 17.9. The molecule has 2 heterocycles. The van der Waals surface area contributed by atoms with Gasteiger partial charge < -0.3 is 0 Å². The maximum Gasteiger partial charge on any atom is 0.170 e. The lowest BCUT2D eigenvalue weighted by Gasteiger charge is -2.10. The van der Waals surface area contributed by atoms with Crippen LogP contribution in [0.1, 0.15) is 11.1 Å². The molecule has 0 bridgehead atoms. The molecule has 26 heavy (non-hydrogen) atoms. The fourth-order valence-electron chi connectivity index (χ4n) is 2.72. The number of thioether (sulfide) groups is 1. The minimum Gasteiger partial charge on any atom is -0.299 e. The van der Waals surface area contributed by atoms with Crippen LogP contribution >= 0.6 is 23.4 Å². The van der Waals surface area contributed by atoms with Gasteiger partial charge in [-0.3, -0.25) is 4.57 Å². The average Bonchev–Trinajstić information content (AvgIpc) is 3.01. The average molecular weight is 384 g/mol. The van der Waals surface area contributed by atoms with Gasteiger partial charge >= 0.3 is 0 Å². The van der Waals surface area contributed by atoms with Crippen LogP contribution in [0.2, 0.25) is 5.02 Å². The van der Waals surface area contributed by atoms with Crippen molar-refractivity contribution in [1.82, 2.24) is 14.5 Å². The molecule has 4 rings (SSSR count). The second-order valence-corrected chi connectivity index (χ2v) is 7.18. The molecule has 0 atom stereocenters.